The van der Waals surface area contributed by atoms with Crippen LogP contribution in [0.25, 0.3) is 0 Å². The average Bonchev–Trinajstić information content (AvgIpc) is 2.46. The first kappa shape index (κ1) is 14.9. The minimum atomic E-state index is -3.77. The molecule has 110 valence electrons. The number of sulfonamides is 1. The van der Waals surface area contributed by atoms with Crippen molar-refractivity contribution in [2.75, 3.05) is 13.1 Å². The van der Waals surface area contributed by atoms with Crippen LogP contribution in [0, 0.1) is 0 Å². The Hall–Kier alpha value is -1.51. The van der Waals surface area contributed by atoms with E-state index in [2.05, 4.69) is 10.3 Å². The number of piperazine rings is 1. The highest BCUT2D eigenvalue weighted by atomic mass is 32.2. The summed E-state index contributed by atoms with van der Waals surface area (Å²) in [5.74, 6) is -0.263. The molecule has 1 aromatic rings. The molecule has 0 radical (unpaired) electrons. The van der Waals surface area contributed by atoms with Crippen molar-refractivity contribution in [3.05, 3.63) is 24.0 Å². The largest absolute Gasteiger partial charge is 0.353 e. The molecule has 2 heterocycles. The van der Waals surface area contributed by atoms with Crippen molar-refractivity contribution in [3.8, 4) is 0 Å². The second-order valence-corrected chi connectivity index (χ2v) is 6.34. The fourth-order valence-electron chi connectivity index (χ4n) is 2.31. The quantitative estimate of drug-likeness (QED) is 0.775. The Balaban J connectivity index is 2.46. The number of nitrogens with zero attached hydrogens (tertiary/aromatic N) is 2. The SMILES string of the molecule is CCC1C(=O)NCCN1S(=O)(=O)c1cccnc1CN. The van der Waals surface area contributed by atoms with Crippen LogP contribution in [-0.2, 0) is 21.4 Å². The summed E-state index contributed by atoms with van der Waals surface area (Å²) >= 11 is 0. The number of carbonyl (C=O) groups excluding carboxylic acids is 1. The Morgan fingerprint density at radius 2 is 2.30 bits per heavy atom. The lowest BCUT2D eigenvalue weighted by Gasteiger charge is -2.33. The number of carbonyl (C=O) groups is 1. The second kappa shape index (κ2) is 5.86. The Bertz CT molecular complexity index is 602. The van der Waals surface area contributed by atoms with Gasteiger partial charge < -0.3 is 11.1 Å². The molecule has 3 N–H and O–H groups in total. The molecule has 20 heavy (non-hydrogen) atoms. The Morgan fingerprint density at radius 3 is 2.95 bits per heavy atom. The molecule has 1 amide bonds. The van der Waals surface area contributed by atoms with Crippen LogP contribution in [0.5, 0.6) is 0 Å². The zero-order chi connectivity index (χ0) is 14.8. The molecule has 1 aromatic heterocycles. The Kier molecular flexibility index (Phi) is 4.36. The average molecular weight is 298 g/mol. The van der Waals surface area contributed by atoms with Crippen molar-refractivity contribution in [1.82, 2.24) is 14.6 Å². The standard InChI is InChI=1S/C12H18N4O3S/c1-2-10-12(17)15-6-7-16(10)20(18,19)11-4-3-5-14-9(11)8-13/h3-5,10H,2,6-8,13H2,1H3,(H,15,17). The van der Waals surface area contributed by atoms with Gasteiger partial charge in [-0.3, -0.25) is 9.78 Å². The highest BCUT2D eigenvalue weighted by Crippen LogP contribution is 2.23. The zero-order valence-corrected chi connectivity index (χ0v) is 12.1. The maximum atomic E-state index is 12.7. The highest BCUT2D eigenvalue weighted by molar-refractivity contribution is 7.89. The van der Waals surface area contributed by atoms with Gasteiger partial charge >= 0.3 is 0 Å². The molecule has 0 spiro atoms. The van der Waals surface area contributed by atoms with Crippen molar-refractivity contribution in [3.63, 3.8) is 0 Å². The lowest BCUT2D eigenvalue weighted by atomic mass is 10.2. The first-order chi connectivity index (χ1) is 9.52. The van der Waals surface area contributed by atoms with E-state index >= 15 is 0 Å². The number of hydrogen-bond donors (Lipinski definition) is 2. The summed E-state index contributed by atoms with van der Waals surface area (Å²) in [6.45, 7) is 2.38. The number of pyridine rings is 1. The van der Waals surface area contributed by atoms with Crippen LogP contribution in [0.4, 0.5) is 0 Å². The summed E-state index contributed by atoms with van der Waals surface area (Å²) in [6, 6.07) is 2.35. The maximum absolute atomic E-state index is 12.7. The second-order valence-electron chi connectivity index (χ2n) is 4.48. The first-order valence-electron chi connectivity index (χ1n) is 6.46. The maximum Gasteiger partial charge on any atom is 0.245 e. The van der Waals surface area contributed by atoms with Gasteiger partial charge in [0.05, 0.1) is 5.69 Å². The molecule has 1 saturated heterocycles. The van der Waals surface area contributed by atoms with Gasteiger partial charge in [-0.1, -0.05) is 6.92 Å². The van der Waals surface area contributed by atoms with Crippen molar-refractivity contribution in [1.29, 1.82) is 0 Å². The molecule has 0 bridgehead atoms. The molecule has 1 aliphatic rings. The summed E-state index contributed by atoms with van der Waals surface area (Å²) in [4.78, 5) is 15.9. The lowest BCUT2D eigenvalue weighted by molar-refractivity contribution is -0.126. The van der Waals surface area contributed by atoms with E-state index in [4.69, 9.17) is 5.73 Å². The van der Waals surface area contributed by atoms with E-state index in [1.807, 2.05) is 0 Å². The van der Waals surface area contributed by atoms with Crippen LogP contribution in [0.1, 0.15) is 19.0 Å². The van der Waals surface area contributed by atoms with Crippen molar-refractivity contribution in [2.45, 2.75) is 30.8 Å². The number of hydrogen-bond acceptors (Lipinski definition) is 5. The molecule has 2 rings (SSSR count). The normalized spacial score (nSPS) is 20.7. The number of nitrogens with two attached hydrogens (primary N) is 1. The smallest absolute Gasteiger partial charge is 0.245 e. The summed E-state index contributed by atoms with van der Waals surface area (Å²) in [6.07, 6.45) is 1.92. The molecule has 7 nitrogen and oxygen atoms in total. The predicted octanol–water partition coefficient (Wildman–Crippen LogP) is -0.561. The third-order valence-electron chi connectivity index (χ3n) is 3.30. The zero-order valence-electron chi connectivity index (χ0n) is 11.2. The fraction of sp³-hybridized carbons (Fsp3) is 0.500. The molecule has 1 aliphatic heterocycles. The number of amides is 1. The van der Waals surface area contributed by atoms with Crippen molar-refractivity contribution >= 4 is 15.9 Å². The van der Waals surface area contributed by atoms with Gasteiger partial charge in [0.15, 0.2) is 0 Å². The van der Waals surface area contributed by atoms with Gasteiger partial charge in [-0.25, -0.2) is 8.42 Å². The van der Waals surface area contributed by atoms with E-state index in [9.17, 15) is 13.2 Å². The van der Waals surface area contributed by atoms with Crippen molar-refractivity contribution < 1.29 is 13.2 Å². The summed E-state index contributed by atoms with van der Waals surface area (Å²) in [5.41, 5.74) is 5.86. The van der Waals surface area contributed by atoms with Gasteiger partial charge in [0.25, 0.3) is 0 Å². The van der Waals surface area contributed by atoms with Crippen LogP contribution in [0.3, 0.4) is 0 Å². The van der Waals surface area contributed by atoms with E-state index in [1.54, 1.807) is 13.0 Å². The minimum absolute atomic E-state index is 0.0340. The summed E-state index contributed by atoms with van der Waals surface area (Å²) < 4.78 is 26.7. The molecule has 1 fully saturated rings. The number of rotatable bonds is 4. The monoisotopic (exact) mass is 298 g/mol. The van der Waals surface area contributed by atoms with E-state index in [0.29, 0.717) is 18.7 Å². The topological polar surface area (TPSA) is 105 Å². The van der Waals surface area contributed by atoms with Gasteiger partial charge in [-0.2, -0.15) is 4.31 Å². The van der Waals surface area contributed by atoms with Crippen LogP contribution in [0.15, 0.2) is 23.2 Å². The van der Waals surface area contributed by atoms with E-state index in [0.717, 1.165) is 0 Å². The van der Waals surface area contributed by atoms with Crippen LogP contribution < -0.4 is 11.1 Å². The summed E-state index contributed by atoms with van der Waals surface area (Å²) in [5, 5.41) is 2.68. The molecule has 1 atom stereocenters. The van der Waals surface area contributed by atoms with Gasteiger partial charge in [0.1, 0.15) is 10.9 Å². The number of nitrogens with one attached hydrogen (secondary N) is 1. The van der Waals surface area contributed by atoms with E-state index in [1.165, 1.54) is 16.6 Å². The van der Waals surface area contributed by atoms with Crippen molar-refractivity contribution in [2.24, 2.45) is 5.73 Å². The van der Waals surface area contributed by atoms with Gasteiger partial charge in [0, 0.05) is 25.8 Å². The lowest BCUT2D eigenvalue weighted by Crippen LogP contribution is -2.56. The van der Waals surface area contributed by atoms with Gasteiger partial charge in [-0.15, -0.1) is 0 Å². The molecule has 1 unspecified atom stereocenters. The van der Waals surface area contributed by atoms with E-state index < -0.39 is 16.1 Å². The molecular formula is C12H18N4O3S. The Morgan fingerprint density at radius 1 is 1.55 bits per heavy atom. The highest BCUT2D eigenvalue weighted by Gasteiger charge is 2.38. The minimum Gasteiger partial charge on any atom is -0.353 e. The third-order valence-corrected chi connectivity index (χ3v) is 5.28. The first-order valence-corrected chi connectivity index (χ1v) is 7.90. The van der Waals surface area contributed by atoms with Gasteiger partial charge in [0.2, 0.25) is 15.9 Å². The molecule has 0 aliphatic carbocycles. The molecular weight excluding hydrogens is 280 g/mol. The summed E-state index contributed by atoms with van der Waals surface area (Å²) in [7, 11) is -3.77. The molecule has 0 aromatic carbocycles. The van der Waals surface area contributed by atoms with E-state index in [-0.39, 0.29) is 23.9 Å². The fourth-order valence-corrected chi connectivity index (χ4v) is 4.16. The number of aromatic nitrogens is 1. The van der Waals surface area contributed by atoms with Crippen LogP contribution in [-0.4, -0.2) is 42.7 Å². The molecule has 8 heteroatoms. The Labute approximate surface area is 118 Å². The van der Waals surface area contributed by atoms with Gasteiger partial charge in [-0.05, 0) is 18.6 Å². The third kappa shape index (κ3) is 2.54. The molecule has 0 saturated carbocycles. The van der Waals surface area contributed by atoms with Crippen LogP contribution in [0.2, 0.25) is 0 Å². The van der Waals surface area contributed by atoms with Crippen LogP contribution >= 0.6 is 0 Å². The predicted molar refractivity (Wildman–Crippen MR) is 73.1 cm³/mol.